The molecule has 1 aliphatic rings. The summed E-state index contributed by atoms with van der Waals surface area (Å²) in [6.45, 7) is 4.54. The van der Waals surface area contributed by atoms with Crippen LogP contribution in [0.1, 0.15) is 5.56 Å². The average molecular weight is 326 g/mol. The maximum atomic E-state index is 13.0. The number of fused-ring (bicyclic) bond motifs is 1. The van der Waals surface area contributed by atoms with Crippen molar-refractivity contribution >= 4 is 16.7 Å². The molecule has 1 saturated heterocycles. The number of benzene rings is 2. The predicted molar refractivity (Wildman–Crippen MR) is 91.8 cm³/mol. The van der Waals surface area contributed by atoms with E-state index in [2.05, 4.69) is 9.80 Å². The van der Waals surface area contributed by atoms with E-state index in [0.717, 1.165) is 49.4 Å². The molecule has 0 radical (unpaired) electrons. The van der Waals surface area contributed by atoms with Crippen LogP contribution in [0.15, 0.2) is 53.1 Å². The van der Waals surface area contributed by atoms with Gasteiger partial charge in [0.15, 0.2) is 11.3 Å². The van der Waals surface area contributed by atoms with Gasteiger partial charge in [-0.2, -0.15) is 0 Å². The largest absolute Gasteiger partial charge is 0.504 e. The molecule has 0 unspecified atom stereocenters. The smallest absolute Gasteiger partial charge is 0.175 e. The summed E-state index contributed by atoms with van der Waals surface area (Å²) in [6, 6.07) is 12.2. The number of furan rings is 1. The zero-order valence-electron chi connectivity index (χ0n) is 13.3. The van der Waals surface area contributed by atoms with E-state index >= 15 is 0 Å². The minimum absolute atomic E-state index is 0.180. The first-order valence-electron chi connectivity index (χ1n) is 8.11. The van der Waals surface area contributed by atoms with Crippen molar-refractivity contribution in [1.82, 2.24) is 4.90 Å². The van der Waals surface area contributed by atoms with Gasteiger partial charge >= 0.3 is 0 Å². The van der Waals surface area contributed by atoms with E-state index in [4.69, 9.17) is 4.42 Å². The minimum Gasteiger partial charge on any atom is -0.504 e. The number of hydrogen-bond donors (Lipinski definition) is 1. The summed E-state index contributed by atoms with van der Waals surface area (Å²) < 4.78 is 18.4. The van der Waals surface area contributed by atoms with E-state index in [1.165, 1.54) is 12.1 Å². The predicted octanol–water partition coefficient (Wildman–Crippen LogP) is 3.60. The molecule has 0 amide bonds. The lowest BCUT2D eigenvalue weighted by atomic mass is 10.1. The minimum atomic E-state index is -0.200. The summed E-state index contributed by atoms with van der Waals surface area (Å²) in [4.78, 5) is 4.67. The number of nitrogens with zero attached hydrogens (tertiary/aromatic N) is 2. The third-order valence-electron chi connectivity index (χ3n) is 4.64. The number of rotatable bonds is 3. The van der Waals surface area contributed by atoms with E-state index in [0.29, 0.717) is 5.58 Å². The Kier molecular flexibility index (Phi) is 3.86. The van der Waals surface area contributed by atoms with Crippen LogP contribution >= 0.6 is 0 Å². The normalized spacial score (nSPS) is 16.0. The summed E-state index contributed by atoms with van der Waals surface area (Å²) in [5, 5.41) is 10.8. The SMILES string of the molecule is Oc1ccc(CN2CCN(c3ccc(F)cc3)CC2)c2ccoc12. The molecule has 0 atom stereocenters. The lowest BCUT2D eigenvalue weighted by molar-refractivity contribution is 0.250. The molecule has 0 aliphatic carbocycles. The van der Waals surface area contributed by atoms with Gasteiger partial charge in [0.25, 0.3) is 0 Å². The second kappa shape index (κ2) is 6.17. The molecule has 24 heavy (non-hydrogen) atoms. The van der Waals surface area contributed by atoms with Gasteiger partial charge < -0.3 is 14.4 Å². The summed E-state index contributed by atoms with van der Waals surface area (Å²) in [6.07, 6.45) is 1.61. The number of anilines is 1. The molecule has 1 aliphatic heterocycles. The van der Waals surface area contributed by atoms with Crippen molar-refractivity contribution in [1.29, 1.82) is 0 Å². The van der Waals surface area contributed by atoms with Crippen molar-refractivity contribution in [2.45, 2.75) is 6.54 Å². The van der Waals surface area contributed by atoms with Crippen LogP contribution in [0.4, 0.5) is 10.1 Å². The Bertz CT molecular complexity index is 836. The molecule has 2 heterocycles. The molecule has 1 aromatic heterocycles. The maximum Gasteiger partial charge on any atom is 0.175 e. The average Bonchev–Trinajstić information content (AvgIpc) is 3.10. The molecule has 1 fully saturated rings. The monoisotopic (exact) mass is 326 g/mol. The molecule has 4 rings (SSSR count). The van der Waals surface area contributed by atoms with Gasteiger partial charge in [-0.15, -0.1) is 0 Å². The van der Waals surface area contributed by atoms with Crippen molar-refractivity contribution in [2.75, 3.05) is 31.1 Å². The Morgan fingerprint density at radius 1 is 0.958 bits per heavy atom. The summed E-state index contributed by atoms with van der Waals surface area (Å²) in [7, 11) is 0. The number of halogens is 1. The summed E-state index contributed by atoms with van der Waals surface area (Å²) in [5.74, 6) is -0.0197. The number of phenols is 1. The number of aromatic hydroxyl groups is 1. The molecule has 1 N–H and O–H groups in total. The van der Waals surface area contributed by atoms with Gasteiger partial charge in [-0.1, -0.05) is 6.07 Å². The van der Waals surface area contributed by atoms with E-state index in [-0.39, 0.29) is 11.6 Å². The highest BCUT2D eigenvalue weighted by Gasteiger charge is 2.19. The molecule has 5 heteroatoms. The van der Waals surface area contributed by atoms with Gasteiger partial charge in [-0.3, -0.25) is 4.90 Å². The van der Waals surface area contributed by atoms with Crippen LogP contribution in [0.3, 0.4) is 0 Å². The van der Waals surface area contributed by atoms with Crippen LogP contribution in [-0.2, 0) is 6.54 Å². The fourth-order valence-electron chi connectivity index (χ4n) is 3.30. The van der Waals surface area contributed by atoms with E-state index in [1.807, 2.05) is 24.3 Å². The molecular formula is C19H19FN2O2. The first-order chi connectivity index (χ1) is 11.7. The fraction of sp³-hybridized carbons (Fsp3) is 0.263. The van der Waals surface area contributed by atoms with Gasteiger partial charge in [0, 0.05) is 43.8 Å². The Morgan fingerprint density at radius 3 is 2.46 bits per heavy atom. The van der Waals surface area contributed by atoms with Gasteiger partial charge in [-0.05, 0) is 42.0 Å². The Balaban J connectivity index is 1.43. The Labute approximate surface area is 139 Å². The van der Waals surface area contributed by atoms with Gasteiger partial charge in [0.2, 0.25) is 0 Å². The van der Waals surface area contributed by atoms with Crippen LogP contribution in [-0.4, -0.2) is 36.2 Å². The number of phenolic OH excluding ortho intramolecular Hbond substituents is 1. The van der Waals surface area contributed by atoms with Crippen LogP contribution < -0.4 is 4.90 Å². The van der Waals surface area contributed by atoms with Crippen LogP contribution in [0.5, 0.6) is 5.75 Å². The second-order valence-electron chi connectivity index (χ2n) is 6.15. The van der Waals surface area contributed by atoms with Gasteiger partial charge in [-0.25, -0.2) is 4.39 Å². The van der Waals surface area contributed by atoms with Crippen LogP contribution in [0, 0.1) is 5.82 Å². The first-order valence-corrected chi connectivity index (χ1v) is 8.11. The highest BCUT2D eigenvalue weighted by Crippen LogP contribution is 2.29. The van der Waals surface area contributed by atoms with E-state index in [9.17, 15) is 9.50 Å². The molecule has 0 spiro atoms. The summed E-state index contributed by atoms with van der Waals surface area (Å²) in [5.41, 5.74) is 2.78. The molecule has 0 saturated carbocycles. The van der Waals surface area contributed by atoms with Gasteiger partial charge in [0.1, 0.15) is 5.82 Å². The van der Waals surface area contributed by atoms with Crippen molar-refractivity contribution in [3.63, 3.8) is 0 Å². The zero-order valence-corrected chi connectivity index (χ0v) is 13.3. The number of hydrogen-bond acceptors (Lipinski definition) is 4. The third-order valence-corrected chi connectivity index (χ3v) is 4.64. The van der Waals surface area contributed by atoms with Crippen molar-refractivity contribution in [3.05, 3.63) is 60.1 Å². The van der Waals surface area contributed by atoms with Crippen molar-refractivity contribution in [3.8, 4) is 5.75 Å². The van der Waals surface area contributed by atoms with Crippen LogP contribution in [0.2, 0.25) is 0 Å². The third kappa shape index (κ3) is 2.83. The topological polar surface area (TPSA) is 39.9 Å². The van der Waals surface area contributed by atoms with Crippen LogP contribution in [0.25, 0.3) is 11.0 Å². The lowest BCUT2D eigenvalue weighted by Gasteiger charge is -2.36. The second-order valence-corrected chi connectivity index (χ2v) is 6.15. The van der Waals surface area contributed by atoms with Gasteiger partial charge in [0.05, 0.1) is 6.26 Å². The first kappa shape index (κ1) is 15.0. The standard InChI is InChI=1S/C19H19FN2O2/c20-15-2-4-16(5-3-15)22-10-8-21(9-11-22)13-14-1-6-18(23)19-17(14)7-12-24-19/h1-7,12,23H,8-11,13H2. The zero-order chi connectivity index (χ0) is 16.5. The number of piperazine rings is 1. The van der Waals surface area contributed by atoms with Crippen molar-refractivity contribution in [2.24, 2.45) is 0 Å². The lowest BCUT2D eigenvalue weighted by Crippen LogP contribution is -2.45. The molecule has 124 valence electrons. The highest BCUT2D eigenvalue weighted by molar-refractivity contribution is 5.85. The molecule has 3 aromatic rings. The van der Waals surface area contributed by atoms with E-state index < -0.39 is 0 Å². The molecular weight excluding hydrogens is 307 g/mol. The molecule has 4 nitrogen and oxygen atoms in total. The maximum absolute atomic E-state index is 13.0. The quantitative estimate of drug-likeness (QED) is 0.798. The summed E-state index contributed by atoms with van der Waals surface area (Å²) >= 11 is 0. The molecule has 0 bridgehead atoms. The fourth-order valence-corrected chi connectivity index (χ4v) is 3.30. The van der Waals surface area contributed by atoms with E-state index in [1.54, 1.807) is 12.3 Å². The van der Waals surface area contributed by atoms with Crippen molar-refractivity contribution < 1.29 is 13.9 Å². The Hall–Kier alpha value is -2.53. The Morgan fingerprint density at radius 2 is 1.71 bits per heavy atom. The molecule has 2 aromatic carbocycles. The highest BCUT2D eigenvalue weighted by atomic mass is 19.1.